The van der Waals surface area contributed by atoms with Crippen LogP contribution < -0.4 is 10.9 Å². The summed E-state index contributed by atoms with van der Waals surface area (Å²) in [4.78, 5) is 27.8. The van der Waals surface area contributed by atoms with E-state index in [1.54, 1.807) is 0 Å². The third kappa shape index (κ3) is 4.53. The van der Waals surface area contributed by atoms with Gasteiger partial charge in [0, 0.05) is 18.8 Å². The molecule has 0 aliphatic carbocycles. The summed E-state index contributed by atoms with van der Waals surface area (Å²) in [6.45, 7) is 2.62. The van der Waals surface area contributed by atoms with Crippen LogP contribution in [-0.4, -0.2) is 36.4 Å². The summed E-state index contributed by atoms with van der Waals surface area (Å²) >= 11 is 0. The molecule has 2 aromatic rings. The Balaban J connectivity index is 2.05. The highest BCUT2D eigenvalue weighted by molar-refractivity contribution is 5.93. The first kappa shape index (κ1) is 17.0. The molecule has 1 heterocycles. The van der Waals surface area contributed by atoms with Crippen LogP contribution in [0.2, 0.25) is 0 Å². The van der Waals surface area contributed by atoms with Gasteiger partial charge >= 0.3 is 0 Å². The van der Waals surface area contributed by atoms with Crippen LogP contribution in [0.1, 0.15) is 34.5 Å². The Hall–Kier alpha value is -2.40. The molecule has 0 aliphatic rings. The van der Waals surface area contributed by atoms with E-state index in [0.29, 0.717) is 12.1 Å². The third-order valence-corrected chi connectivity index (χ3v) is 3.90. The first-order valence-electron chi connectivity index (χ1n) is 7.73. The highest BCUT2D eigenvalue weighted by Crippen LogP contribution is 2.18. The van der Waals surface area contributed by atoms with Crippen molar-refractivity contribution in [1.82, 2.24) is 15.2 Å². The second kappa shape index (κ2) is 7.74. The smallest absolute Gasteiger partial charge is 0.252 e. The standard InChI is InChI=1S/C18H23N3O2/c1-4-13-5-7-14(8-6-13)16(21(2)3)12-20-18(23)15-9-10-17(22)19-11-15/h5-11,16H,4,12H2,1-3H3,(H,19,22)(H,20,23). The topological polar surface area (TPSA) is 65.2 Å². The third-order valence-electron chi connectivity index (χ3n) is 3.90. The summed E-state index contributed by atoms with van der Waals surface area (Å²) in [5, 5.41) is 2.92. The minimum Gasteiger partial charge on any atom is -0.350 e. The predicted octanol–water partition coefficient (Wildman–Crippen LogP) is 1.97. The van der Waals surface area contributed by atoms with Crippen LogP contribution >= 0.6 is 0 Å². The molecule has 1 unspecified atom stereocenters. The van der Waals surface area contributed by atoms with Crippen LogP contribution in [0.5, 0.6) is 0 Å². The number of carbonyl (C=O) groups excluding carboxylic acids is 1. The van der Waals surface area contributed by atoms with Gasteiger partial charge in [-0.15, -0.1) is 0 Å². The number of rotatable bonds is 6. The molecular formula is C18H23N3O2. The maximum Gasteiger partial charge on any atom is 0.252 e. The largest absolute Gasteiger partial charge is 0.350 e. The lowest BCUT2D eigenvalue weighted by atomic mass is 10.0. The number of aromatic amines is 1. The minimum absolute atomic E-state index is 0.0904. The Kier molecular flexibility index (Phi) is 5.71. The average Bonchev–Trinajstić information content (AvgIpc) is 2.55. The van der Waals surface area contributed by atoms with Crippen molar-refractivity contribution < 1.29 is 4.79 Å². The van der Waals surface area contributed by atoms with E-state index < -0.39 is 0 Å². The van der Waals surface area contributed by atoms with Crippen molar-refractivity contribution in [3.05, 3.63) is 69.6 Å². The van der Waals surface area contributed by atoms with Crippen LogP contribution in [0.15, 0.2) is 47.4 Å². The van der Waals surface area contributed by atoms with Crippen molar-refractivity contribution in [2.24, 2.45) is 0 Å². The highest BCUT2D eigenvalue weighted by atomic mass is 16.1. The number of amides is 1. The van der Waals surface area contributed by atoms with Crippen molar-refractivity contribution in [2.75, 3.05) is 20.6 Å². The maximum absolute atomic E-state index is 12.2. The minimum atomic E-state index is -0.219. The Bertz CT molecular complexity index is 684. The molecule has 1 aromatic carbocycles. The maximum atomic E-state index is 12.2. The van der Waals surface area contributed by atoms with Gasteiger partial charge in [0.15, 0.2) is 0 Å². The number of nitrogens with zero attached hydrogens (tertiary/aromatic N) is 1. The molecule has 0 saturated carbocycles. The Labute approximate surface area is 136 Å². The first-order valence-corrected chi connectivity index (χ1v) is 7.73. The summed E-state index contributed by atoms with van der Waals surface area (Å²) in [5.74, 6) is -0.196. The molecule has 0 fully saturated rings. The van der Waals surface area contributed by atoms with Gasteiger partial charge in [-0.25, -0.2) is 0 Å². The fourth-order valence-corrected chi connectivity index (χ4v) is 2.42. The number of aromatic nitrogens is 1. The molecule has 0 bridgehead atoms. The summed E-state index contributed by atoms with van der Waals surface area (Å²) in [6.07, 6.45) is 2.44. The van der Waals surface area contributed by atoms with Gasteiger partial charge < -0.3 is 15.2 Å². The van der Waals surface area contributed by atoms with E-state index in [-0.39, 0.29) is 17.5 Å². The second-order valence-electron chi connectivity index (χ2n) is 5.73. The van der Waals surface area contributed by atoms with Gasteiger partial charge in [-0.1, -0.05) is 31.2 Å². The van der Waals surface area contributed by atoms with E-state index in [1.165, 1.54) is 23.9 Å². The second-order valence-corrected chi connectivity index (χ2v) is 5.73. The SMILES string of the molecule is CCc1ccc(C(CNC(=O)c2ccc(=O)[nH]c2)N(C)C)cc1. The zero-order valence-corrected chi connectivity index (χ0v) is 13.8. The molecule has 1 amide bonds. The van der Waals surface area contributed by atoms with Gasteiger partial charge in [0.05, 0.1) is 11.6 Å². The van der Waals surface area contributed by atoms with Crippen molar-refractivity contribution in [3.63, 3.8) is 0 Å². The normalized spacial score (nSPS) is 12.2. The molecule has 0 saturated heterocycles. The Morgan fingerprint density at radius 3 is 2.39 bits per heavy atom. The van der Waals surface area contributed by atoms with Crippen molar-refractivity contribution in [2.45, 2.75) is 19.4 Å². The molecular weight excluding hydrogens is 290 g/mol. The van der Waals surface area contributed by atoms with E-state index >= 15 is 0 Å². The van der Waals surface area contributed by atoms with E-state index in [2.05, 4.69) is 46.4 Å². The fourth-order valence-electron chi connectivity index (χ4n) is 2.42. The zero-order chi connectivity index (χ0) is 16.8. The predicted molar refractivity (Wildman–Crippen MR) is 91.6 cm³/mol. The lowest BCUT2D eigenvalue weighted by Crippen LogP contribution is -2.34. The van der Waals surface area contributed by atoms with Crippen LogP contribution in [0.4, 0.5) is 0 Å². The summed E-state index contributed by atoms with van der Waals surface area (Å²) in [6, 6.07) is 11.4. The van der Waals surface area contributed by atoms with E-state index in [1.807, 2.05) is 14.1 Å². The van der Waals surface area contributed by atoms with E-state index in [9.17, 15) is 9.59 Å². The molecule has 5 heteroatoms. The Morgan fingerprint density at radius 1 is 1.17 bits per heavy atom. The van der Waals surface area contributed by atoms with Crippen molar-refractivity contribution in [3.8, 4) is 0 Å². The molecule has 0 spiro atoms. The summed E-state index contributed by atoms with van der Waals surface area (Å²) < 4.78 is 0. The molecule has 1 aromatic heterocycles. The van der Waals surface area contributed by atoms with Gasteiger partial charge in [-0.05, 0) is 37.7 Å². The molecule has 5 nitrogen and oxygen atoms in total. The molecule has 2 rings (SSSR count). The highest BCUT2D eigenvalue weighted by Gasteiger charge is 2.16. The van der Waals surface area contributed by atoms with E-state index in [4.69, 9.17) is 0 Å². The fraction of sp³-hybridized carbons (Fsp3) is 0.333. The van der Waals surface area contributed by atoms with Crippen LogP contribution in [-0.2, 0) is 6.42 Å². The van der Waals surface area contributed by atoms with Crippen LogP contribution in [0, 0.1) is 0 Å². The van der Waals surface area contributed by atoms with Crippen molar-refractivity contribution >= 4 is 5.91 Å². The lowest BCUT2D eigenvalue weighted by molar-refractivity contribution is 0.0941. The van der Waals surface area contributed by atoms with E-state index in [0.717, 1.165) is 12.0 Å². The number of nitrogens with one attached hydrogen (secondary N) is 2. The number of hydrogen-bond acceptors (Lipinski definition) is 3. The number of aryl methyl sites for hydroxylation is 1. The number of likely N-dealkylation sites (N-methyl/N-ethyl adjacent to an activating group) is 1. The van der Waals surface area contributed by atoms with Crippen LogP contribution in [0.3, 0.4) is 0 Å². The first-order chi connectivity index (χ1) is 11.0. The number of H-pyrrole nitrogens is 1. The van der Waals surface area contributed by atoms with Gasteiger partial charge in [-0.3, -0.25) is 9.59 Å². The summed E-state index contributed by atoms with van der Waals surface area (Å²) in [7, 11) is 3.98. The van der Waals surface area contributed by atoms with Gasteiger partial charge in [0.1, 0.15) is 0 Å². The molecule has 2 N–H and O–H groups in total. The average molecular weight is 313 g/mol. The zero-order valence-electron chi connectivity index (χ0n) is 13.8. The quantitative estimate of drug-likeness (QED) is 0.857. The number of hydrogen-bond donors (Lipinski definition) is 2. The van der Waals surface area contributed by atoms with Gasteiger partial charge in [0.2, 0.25) is 5.56 Å². The van der Waals surface area contributed by atoms with Crippen molar-refractivity contribution in [1.29, 1.82) is 0 Å². The Morgan fingerprint density at radius 2 is 1.87 bits per heavy atom. The number of pyridine rings is 1. The molecule has 0 aliphatic heterocycles. The van der Waals surface area contributed by atoms with Crippen LogP contribution in [0.25, 0.3) is 0 Å². The lowest BCUT2D eigenvalue weighted by Gasteiger charge is -2.25. The molecule has 23 heavy (non-hydrogen) atoms. The number of carbonyl (C=O) groups is 1. The molecule has 0 radical (unpaired) electrons. The van der Waals surface area contributed by atoms with Gasteiger partial charge in [-0.2, -0.15) is 0 Å². The molecule has 1 atom stereocenters. The summed E-state index contributed by atoms with van der Waals surface area (Å²) in [5.41, 5.74) is 2.68. The monoisotopic (exact) mass is 313 g/mol. The molecule has 122 valence electrons. The number of benzene rings is 1. The van der Waals surface area contributed by atoms with Gasteiger partial charge in [0.25, 0.3) is 5.91 Å².